The molecule has 3 rings (SSSR count). The van der Waals surface area contributed by atoms with Gasteiger partial charge in [-0.1, -0.05) is 23.7 Å². The third-order valence-electron chi connectivity index (χ3n) is 3.46. The maximum atomic E-state index is 13.9. The van der Waals surface area contributed by atoms with E-state index in [-0.39, 0.29) is 5.82 Å². The smallest absolute Gasteiger partial charge is 0.162 e. The number of methoxy groups -OCH3 is 2. The Kier molecular flexibility index (Phi) is 4.21. The molecule has 0 aliphatic heterocycles. The molecule has 23 heavy (non-hydrogen) atoms. The van der Waals surface area contributed by atoms with E-state index in [1.54, 1.807) is 44.6 Å². The van der Waals surface area contributed by atoms with Gasteiger partial charge in [0.1, 0.15) is 5.82 Å². The van der Waals surface area contributed by atoms with Gasteiger partial charge < -0.3 is 14.8 Å². The molecule has 1 heterocycles. The quantitative estimate of drug-likeness (QED) is 0.746. The molecule has 0 saturated heterocycles. The molecular weight excluding hydrogens is 319 g/mol. The van der Waals surface area contributed by atoms with Gasteiger partial charge in [0.05, 0.1) is 36.1 Å². The van der Waals surface area contributed by atoms with Gasteiger partial charge in [0, 0.05) is 17.6 Å². The number of nitrogens with zero attached hydrogens (tertiary/aromatic N) is 1. The molecule has 0 bridgehead atoms. The lowest BCUT2D eigenvalue weighted by Crippen LogP contribution is -1.98. The van der Waals surface area contributed by atoms with Crippen LogP contribution < -0.4 is 14.8 Å². The highest BCUT2D eigenvalue weighted by atomic mass is 35.5. The van der Waals surface area contributed by atoms with Crippen LogP contribution in [0.3, 0.4) is 0 Å². The minimum atomic E-state index is -0.367. The minimum Gasteiger partial charge on any atom is -0.493 e. The number of ether oxygens (including phenoxy) is 2. The molecular formula is C17H14ClFN2O2. The molecule has 2 aromatic carbocycles. The van der Waals surface area contributed by atoms with Crippen molar-refractivity contribution >= 4 is 33.9 Å². The molecule has 1 aromatic heterocycles. The zero-order chi connectivity index (χ0) is 16.4. The summed E-state index contributed by atoms with van der Waals surface area (Å²) in [7, 11) is 3.10. The van der Waals surface area contributed by atoms with E-state index in [0.717, 1.165) is 0 Å². The molecule has 0 fully saturated rings. The monoisotopic (exact) mass is 332 g/mol. The lowest BCUT2D eigenvalue weighted by atomic mass is 10.1. The third-order valence-corrected chi connectivity index (χ3v) is 3.75. The average Bonchev–Trinajstić information content (AvgIpc) is 2.58. The maximum Gasteiger partial charge on any atom is 0.162 e. The summed E-state index contributed by atoms with van der Waals surface area (Å²) in [6.45, 7) is 0. The molecule has 0 aliphatic carbocycles. The van der Waals surface area contributed by atoms with Crippen molar-refractivity contribution in [3.8, 4) is 11.5 Å². The number of hydrogen-bond acceptors (Lipinski definition) is 4. The van der Waals surface area contributed by atoms with Crippen LogP contribution in [0.15, 0.2) is 42.6 Å². The van der Waals surface area contributed by atoms with Crippen molar-refractivity contribution in [2.24, 2.45) is 0 Å². The number of anilines is 2. The van der Waals surface area contributed by atoms with E-state index in [9.17, 15) is 4.39 Å². The number of pyridine rings is 1. The van der Waals surface area contributed by atoms with Gasteiger partial charge in [-0.3, -0.25) is 4.98 Å². The van der Waals surface area contributed by atoms with Crippen LogP contribution in [0.4, 0.5) is 15.8 Å². The number of hydrogen-bond donors (Lipinski definition) is 1. The lowest BCUT2D eigenvalue weighted by Gasteiger charge is -2.14. The number of fused-ring (bicyclic) bond motifs is 1. The van der Waals surface area contributed by atoms with Crippen LogP contribution in [0.5, 0.6) is 11.5 Å². The average molecular weight is 333 g/mol. The first kappa shape index (κ1) is 15.4. The van der Waals surface area contributed by atoms with Gasteiger partial charge in [-0.2, -0.15) is 0 Å². The van der Waals surface area contributed by atoms with Crippen molar-refractivity contribution in [2.45, 2.75) is 0 Å². The van der Waals surface area contributed by atoms with E-state index in [0.29, 0.717) is 38.8 Å². The standard InChI is InChI=1S/C17H14ClFN2O2/c1-22-15-7-10-14(8-16(15)23-2)20-9-11(18)17(10)21-13-6-4-3-5-12(13)19/h3-9H,1-2H3,(H,20,21). The second kappa shape index (κ2) is 6.30. The van der Waals surface area contributed by atoms with Gasteiger partial charge >= 0.3 is 0 Å². The van der Waals surface area contributed by atoms with E-state index < -0.39 is 0 Å². The minimum absolute atomic E-state index is 0.330. The summed E-state index contributed by atoms with van der Waals surface area (Å²) in [5.74, 6) is 0.737. The first-order chi connectivity index (χ1) is 11.1. The molecule has 0 spiro atoms. The van der Waals surface area contributed by atoms with Crippen LogP contribution in [0.2, 0.25) is 5.02 Å². The number of para-hydroxylation sites is 1. The molecule has 0 aliphatic rings. The van der Waals surface area contributed by atoms with E-state index in [1.165, 1.54) is 12.3 Å². The first-order valence-corrected chi connectivity index (χ1v) is 7.23. The summed E-state index contributed by atoms with van der Waals surface area (Å²) >= 11 is 6.26. The van der Waals surface area contributed by atoms with Gasteiger partial charge in [0.25, 0.3) is 0 Å². The Morgan fingerprint density at radius 3 is 2.48 bits per heavy atom. The molecule has 4 nitrogen and oxygen atoms in total. The Hall–Kier alpha value is -2.53. The Morgan fingerprint density at radius 2 is 1.78 bits per heavy atom. The van der Waals surface area contributed by atoms with Crippen LogP contribution in [-0.4, -0.2) is 19.2 Å². The molecule has 0 unspecified atom stereocenters. The molecule has 6 heteroatoms. The van der Waals surface area contributed by atoms with Gasteiger partial charge in [-0.25, -0.2) is 4.39 Å². The van der Waals surface area contributed by atoms with Crippen LogP contribution in [0.1, 0.15) is 0 Å². The largest absolute Gasteiger partial charge is 0.493 e. The second-order valence-corrected chi connectivity index (χ2v) is 5.22. The molecule has 1 N–H and O–H groups in total. The number of aromatic nitrogens is 1. The van der Waals surface area contributed by atoms with E-state index >= 15 is 0 Å². The predicted molar refractivity (Wildman–Crippen MR) is 89.5 cm³/mol. The summed E-state index contributed by atoms with van der Waals surface area (Å²) < 4.78 is 24.5. The van der Waals surface area contributed by atoms with Gasteiger partial charge in [-0.15, -0.1) is 0 Å². The Morgan fingerprint density at radius 1 is 1.09 bits per heavy atom. The van der Waals surface area contributed by atoms with Crippen LogP contribution in [-0.2, 0) is 0 Å². The van der Waals surface area contributed by atoms with Crippen LogP contribution >= 0.6 is 11.6 Å². The van der Waals surface area contributed by atoms with Crippen LogP contribution in [0.25, 0.3) is 10.9 Å². The highest BCUT2D eigenvalue weighted by molar-refractivity contribution is 6.34. The van der Waals surface area contributed by atoms with Gasteiger partial charge in [0.15, 0.2) is 11.5 Å². The topological polar surface area (TPSA) is 43.4 Å². The summed E-state index contributed by atoms with van der Waals surface area (Å²) in [6.07, 6.45) is 1.51. The maximum absolute atomic E-state index is 13.9. The number of halogens is 2. The van der Waals surface area contributed by atoms with E-state index in [4.69, 9.17) is 21.1 Å². The summed E-state index contributed by atoms with van der Waals surface area (Å²) in [5, 5.41) is 4.12. The summed E-state index contributed by atoms with van der Waals surface area (Å²) in [5.41, 5.74) is 1.55. The van der Waals surface area contributed by atoms with E-state index in [1.807, 2.05) is 0 Å². The molecule has 0 atom stereocenters. The van der Waals surface area contributed by atoms with Crippen molar-refractivity contribution in [1.82, 2.24) is 4.98 Å². The van der Waals surface area contributed by atoms with Gasteiger partial charge in [0.2, 0.25) is 0 Å². The van der Waals surface area contributed by atoms with Gasteiger partial charge in [-0.05, 0) is 18.2 Å². The Balaban J connectivity index is 2.19. The Bertz CT molecular complexity index is 871. The second-order valence-electron chi connectivity index (χ2n) is 4.81. The normalized spacial score (nSPS) is 10.6. The van der Waals surface area contributed by atoms with Crippen LogP contribution in [0, 0.1) is 5.82 Å². The summed E-state index contributed by atoms with van der Waals surface area (Å²) in [4.78, 5) is 4.29. The van der Waals surface area contributed by atoms with E-state index in [2.05, 4.69) is 10.3 Å². The highest BCUT2D eigenvalue weighted by Crippen LogP contribution is 2.38. The fraction of sp³-hybridized carbons (Fsp3) is 0.118. The van der Waals surface area contributed by atoms with Crippen molar-refractivity contribution in [2.75, 3.05) is 19.5 Å². The first-order valence-electron chi connectivity index (χ1n) is 6.86. The zero-order valence-electron chi connectivity index (χ0n) is 12.6. The van der Waals surface area contributed by atoms with Crippen molar-refractivity contribution in [3.05, 3.63) is 53.4 Å². The predicted octanol–water partition coefficient (Wildman–Crippen LogP) is 4.79. The number of nitrogens with one attached hydrogen (secondary N) is 1. The number of benzene rings is 2. The fourth-order valence-electron chi connectivity index (χ4n) is 2.32. The lowest BCUT2D eigenvalue weighted by molar-refractivity contribution is 0.356. The molecule has 3 aromatic rings. The number of rotatable bonds is 4. The molecule has 0 radical (unpaired) electrons. The van der Waals surface area contributed by atoms with Crippen molar-refractivity contribution < 1.29 is 13.9 Å². The Labute approximate surface area is 137 Å². The molecule has 0 saturated carbocycles. The SMILES string of the molecule is COc1cc2ncc(Cl)c(Nc3ccccc3F)c2cc1OC. The summed E-state index contributed by atoms with van der Waals surface area (Å²) in [6, 6.07) is 9.89. The molecule has 118 valence electrons. The highest BCUT2D eigenvalue weighted by Gasteiger charge is 2.14. The fourth-order valence-corrected chi connectivity index (χ4v) is 2.52. The van der Waals surface area contributed by atoms with Crippen molar-refractivity contribution in [3.63, 3.8) is 0 Å². The zero-order valence-corrected chi connectivity index (χ0v) is 13.3. The third kappa shape index (κ3) is 2.87. The molecule has 0 amide bonds. The van der Waals surface area contributed by atoms with Crippen molar-refractivity contribution in [1.29, 1.82) is 0 Å².